The Balaban J connectivity index is 1.98. The second-order valence-corrected chi connectivity index (χ2v) is 5.53. The van der Waals surface area contributed by atoms with E-state index >= 15 is 0 Å². The molecule has 0 radical (unpaired) electrons. The number of benzene rings is 1. The number of nitrogens with zero attached hydrogens (tertiary/aromatic N) is 1. The molecule has 1 fully saturated rings. The van der Waals surface area contributed by atoms with Gasteiger partial charge < -0.3 is 10.4 Å². The molecule has 0 aromatic heterocycles. The Kier molecular flexibility index (Phi) is 4.25. The third kappa shape index (κ3) is 3.03. The van der Waals surface area contributed by atoms with Gasteiger partial charge in [0.25, 0.3) is 0 Å². The molecule has 1 unspecified atom stereocenters. The minimum absolute atomic E-state index is 0.438. The maximum Gasteiger partial charge on any atom is 0.121 e. The van der Waals surface area contributed by atoms with Crippen LogP contribution in [0.5, 0.6) is 5.75 Å². The first-order valence-electron chi connectivity index (χ1n) is 6.76. The molecule has 0 spiro atoms. The maximum atomic E-state index is 9.78. The Morgan fingerprint density at radius 2 is 2.00 bits per heavy atom. The zero-order chi connectivity index (χ0) is 13.1. The molecule has 1 aliphatic rings. The molecule has 1 aliphatic heterocycles. The van der Waals surface area contributed by atoms with Crippen molar-refractivity contribution in [2.75, 3.05) is 26.7 Å². The van der Waals surface area contributed by atoms with Crippen LogP contribution in [0, 0.1) is 19.8 Å². The van der Waals surface area contributed by atoms with Gasteiger partial charge in [-0.3, -0.25) is 4.90 Å². The maximum absolute atomic E-state index is 9.78. The molecule has 1 heterocycles. The smallest absolute Gasteiger partial charge is 0.121 e. The molecule has 1 aromatic rings. The van der Waals surface area contributed by atoms with Crippen LogP contribution in [-0.2, 0) is 6.54 Å². The number of phenolic OH excluding ortho intramolecular Hbond substituents is 1. The summed E-state index contributed by atoms with van der Waals surface area (Å²) in [7, 11) is 2.02. The van der Waals surface area contributed by atoms with Gasteiger partial charge >= 0.3 is 0 Å². The molecule has 2 rings (SSSR count). The molecule has 1 aromatic carbocycles. The van der Waals surface area contributed by atoms with Crippen LogP contribution in [0.4, 0.5) is 0 Å². The molecule has 18 heavy (non-hydrogen) atoms. The second kappa shape index (κ2) is 5.72. The van der Waals surface area contributed by atoms with Crippen molar-refractivity contribution in [3.8, 4) is 5.75 Å². The van der Waals surface area contributed by atoms with Gasteiger partial charge in [0.1, 0.15) is 5.75 Å². The summed E-state index contributed by atoms with van der Waals surface area (Å²) in [5.74, 6) is 1.22. The zero-order valence-electron chi connectivity index (χ0n) is 11.7. The zero-order valence-corrected chi connectivity index (χ0v) is 11.7. The van der Waals surface area contributed by atoms with Crippen molar-refractivity contribution in [3.63, 3.8) is 0 Å². The van der Waals surface area contributed by atoms with Crippen LogP contribution < -0.4 is 5.32 Å². The molecule has 1 atom stereocenters. The van der Waals surface area contributed by atoms with E-state index in [9.17, 15) is 5.11 Å². The summed E-state index contributed by atoms with van der Waals surface area (Å²) in [6.45, 7) is 8.43. The average Bonchev–Trinajstić information content (AvgIpc) is 2.74. The number of aryl methyl sites for hydroxylation is 2. The normalized spacial score (nSPS) is 20.5. The first kappa shape index (κ1) is 13.4. The first-order chi connectivity index (χ1) is 8.60. The fourth-order valence-electron chi connectivity index (χ4n) is 2.91. The molecule has 2 N–H and O–H groups in total. The Hall–Kier alpha value is -1.06. The largest absolute Gasteiger partial charge is 0.507 e. The van der Waals surface area contributed by atoms with Gasteiger partial charge in [-0.15, -0.1) is 0 Å². The average molecular weight is 248 g/mol. The minimum atomic E-state index is 0.438. The number of phenols is 1. The highest BCUT2D eigenvalue weighted by Gasteiger charge is 2.21. The Labute approximate surface area is 110 Å². The Bertz CT molecular complexity index is 394. The van der Waals surface area contributed by atoms with Gasteiger partial charge in [0, 0.05) is 13.1 Å². The number of aromatic hydroxyl groups is 1. The van der Waals surface area contributed by atoms with Crippen molar-refractivity contribution >= 4 is 0 Å². The van der Waals surface area contributed by atoms with Gasteiger partial charge in [-0.1, -0.05) is 12.1 Å². The molecule has 3 nitrogen and oxygen atoms in total. The van der Waals surface area contributed by atoms with E-state index in [4.69, 9.17) is 0 Å². The quantitative estimate of drug-likeness (QED) is 0.856. The number of rotatable bonds is 4. The van der Waals surface area contributed by atoms with Gasteiger partial charge in [0.15, 0.2) is 0 Å². The number of hydrogen-bond donors (Lipinski definition) is 2. The third-order valence-corrected chi connectivity index (χ3v) is 3.82. The minimum Gasteiger partial charge on any atom is -0.507 e. The van der Waals surface area contributed by atoms with Crippen molar-refractivity contribution in [1.82, 2.24) is 10.2 Å². The number of nitrogens with one attached hydrogen (secondary N) is 1. The van der Waals surface area contributed by atoms with Crippen molar-refractivity contribution in [1.29, 1.82) is 0 Å². The van der Waals surface area contributed by atoms with E-state index in [1.54, 1.807) is 0 Å². The van der Waals surface area contributed by atoms with Crippen LogP contribution in [0.3, 0.4) is 0 Å². The number of likely N-dealkylation sites (tertiary alicyclic amines) is 1. The van der Waals surface area contributed by atoms with Crippen molar-refractivity contribution in [2.45, 2.75) is 26.8 Å². The standard InChI is InChI=1S/C15H24N2O/c1-11-6-14(7-12(2)15(11)18)10-17-5-4-13(9-17)8-16-3/h6-7,13,16,18H,4-5,8-10H2,1-3H3. The molecule has 1 saturated heterocycles. The molecule has 0 bridgehead atoms. The number of hydrogen-bond acceptors (Lipinski definition) is 3. The highest BCUT2D eigenvalue weighted by atomic mass is 16.3. The van der Waals surface area contributed by atoms with Crippen molar-refractivity contribution < 1.29 is 5.11 Å². The van der Waals surface area contributed by atoms with Gasteiger partial charge in [-0.25, -0.2) is 0 Å². The lowest BCUT2D eigenvalue weighted by Crippen LogP contribution is -2.24. The fourth-order valence-corrected chi connectivity index (χ4v) is 2.91. The Morgan fingerprint density at radius 1 is 1.33 bits per heavy atom. The van der Waals surface area contributed by atoms with Crippen LogP contribution >= 0.6 is 0 Å². The highest BCUT2D eigenvalue weighted by Crippen LogP contribution is 2.25. The topological polar surface area (TPSA) is 35.5 Å². The van der Waals surface area contributed by atoms with Crippen molar-refractivity contribution in [3.05, 3.63) is 28.8 Å². The van der Waals surface area contributed by atoms with Crippen LogP contribution in [0.1, 0.15) is 23.1 Å². The van der Waals surface area contributed by atoms with E-state index in [1.165, 1.54) is 25.1 Å². The SMILES string of the molecule is CNCC1CCN(Cc2cc(C)c(O)c(C)c2)C1. The molecule has 0 amide bonds. The fraction of sp³-hybridized carbons (Fsp3) is 0.600. The predicted octanol–water partition coefficient (Wildman–Crippen LogP) is 2.05. The summed E-state index contributed by atoms with van der Waals surface area (Å²) < 4.78 is 0. The van der Waals surface area contributed by atoms with Crippen LogP contribution in [0.2, 0.25) is 0 Å². The molecule has 0 aliphatic carbocycles. The van der Waals surface area contributed by atoms with E-state index < -0.39 is 0 Å². The molecule has 3 heteroatoms. The molecular weight excluding hydrogens is 224 g/mol. The highest BCUT2D eigenvalue weighted by molar-refractivity contribution is 5.42. The summed E-state index contributed by atoms with van der Waals surface area (Å²) in [5.41, 5.74) is 3.28. The summed E-state index contributed by atoms with van der Waals surface area (Å²) >= 11 is 0. The Morgan fingerprint density at radius 3 is 2.61 bits per heavy atom. The van der Waals surface area contributed by atoms with Crippen LogP contribution in [0.15, 0.2) is 12.1 Å². The van der Waals surface area contributed by atoms with Gasteiger partial charge in [0.05, 0.1) is 0 Å². The van der Waals surface area contributed by atoms with Crippen LogP contribution in [-0.4, -0.2) is 36.7 Å². The predicted molar refractivity (Wildman–Crippen MR) is 74.9 cm³/mol. The lowest BCUT2D eigenvalue weighted by molar-refractivity contribution is 0.315. The van der Waals surface area contributed by atoms with E-state index in [0.29, 0.717) is 5.75 Å². The van der Waals surface area contributed by atoms with Crippen molar-refractivity contribution in [2.24, 2.45) is 5.92 Å². The summed E-state index contributed by atoms with van der Waals surface area (Å²) in [5, 5.41) is 13.0. The second-order valence-electron chi connectivity index (χ2n) is 5.53. The van der Waals surface area contributed by atoms with E-state index in [1.807, 2.05) is 20.9 Å². The van der Waals surface area contributed by atoms with Gasteiger partial charge in [-0.05, 0) is 63.0 Å². The first-order valence-corrected chi connectivity index (χ1v) is 6.76. The third-order valence-electron chi connectivity index (χ3n) is 3.82. The molecular formula is C15H24N2O. The van der Waals surface area contributed by atoms with E-state index in [0.717, 1.165) is 30.1 Å². The summed E-state index contributed by atoms with van der Waals surface area (Å²) in [6.07, 6.45) is 1.29. The van der Waals surface area contributed by atoms with E-state index in [-0.39, 0.29) is 0 Å². The van der Waals surface area contributed by atoms with Crippen LogP contribution in [0.25, 0.3) is 0 Å². The summed E-state index contributed by atoms with van der Waals surface area (Å²) in [6, 6.07) is 4.21. The lowest BCUT2D eigenvalue weighted by Gasteiger charge is -2.17. The van der Waals surface area contributed by atoms with Gasteiger partial charge in [-0.2, -0.15) is 0 Å². The molecule has 0 saturated carbocycles. The summed E-state index contributed by atoms with van der Waals surface area (Å²) in [4.78, 5) is 2.51. The van der Waals surface area contributed by atoms with E-state index in [2.05, 4.69) is 22.3 Å². The molecule has 100 valence electrons. The van der Waals surface area contributed by atoms with Gasteiger partial charge in [0.2, 0.25) is 0 Å². The monoisotopic (exact) mass is 248 g/mol. The lowest BCUT2D eigenvalue weighted by atomic mass is 10.1.